The second-order valence-electron chi connectivity index (χ2n) is 37.0. The Labute approximate surface area is 794 Å². The van der Waals surface area contributed by atoms with Crippen molar-refractivity contribution in [2.24, 2.45) is 0 Å². The third-order valence-corrected chi connectivity index (χ3v) is 29.5. The average Bonchev–Trinajstić information content (AvgIpc) is 1.53. The van der Waals surface area contributed by atoms with Gasteiger partial charge in [-0.1, -0.05) is 388 Å². The second kappa shape index (κ2) is 31.4. The molecule has 0 unspecified atom stereocenters. The Bertz CT molecular complexity index is 9300. The first kappa shape index (κ1) is 77.8. The van der Waals surface area contributed by atoms with Crippen LogP contribution in [0.1, 0.15) is 100 Å². The second-order valence-corrected chi connectivity index (χ2v) is 37.0. The molecule has 0 aliphatic heterocycles. The maximum absolute atomic E-state index is 2.44. The molecular formula is C136H83N. The highest BCUT2D eigenvalue weighted by molar-refractivity contribution is 6.41. The first-order valence-corrected chi connectivity index (χ1v) is 47.6. The van der Waals surface area contributed by atoms with E-state index in [0.717, 1.165) is 17.1 Å². The Kier molecular flexibility index (Phi) is 17.8. The van der Waals surface area contributed by atoms with Crippen LogP contribution in [0.4, 0.5) is 17.1 Å². The van der Waals surface area contributed by atoms with Gasteiger partial charge in [-0.2, -0.15) is 0 Å². The zero-order chi connectivity index (χ0) is 89.9. The van der Waals surface area contributed by atoms with Gasteiger partial charge in [-0.15, -0.1) is 0 Å². The van der Waals surface area contributed by atoms with Gasteiger partial charge in [0.1, 0.15) is 0 Å². The molecule has 0 fully saturated rings. The molecule has 6 aliphatic carbocycles. The Hall–Kier alpha value is -17.9. The molecule has 0 atom stereocenters. The van der Waals surface area contributed by atoms with Crippen LogP contribution in [-0.2, 0) is 0 Å². The lowest BCUT2D eigenvalue weighted by molar-refractivity contribution is 1.28. The SMILES string of the molecule is c1ccc(C2=C3C(=C(c4ccc(N(c5ccccc5)c5ccccc5)cc4)c4cc5ccccc5cc43)c3cc4ccccc4cc32)cc1.c1ccc2cc(C3=C4C(=C(c5cccc6ccccc56)c5cc6ccccc6cc54)c4cc5ccccc5cc43)ccc2c1.c1ccc2cc3c(cc2c1)C1=C(c2cccc4ccccc24)c2cc4ccccc4cc2C1=C3c1cccc2ccccc12. The fraction of sp³-hybridized carbons (Fsp3) is 0. The Balaban J connectivity index is 0.000000102. The highest BCUT2D eigenvalue weighted by atomic mass is 15.1. The monoisotopic (exact) mass is 1730 g/mol. The van der Waals surface area contributed by atoms with Crippen molar-refractivity contribution in [3.05, 3.63) is 604 Å². The average molecular weight is 1730 g/mol. The summed E-state index contributed by atoms with van der Waals surface area (Å²) in [6.45, 7) is 0. The number of nitrogens with zero attached hydrogens (tertiary/aromatic N) is 1. The van der Waals surface area contributed by atoms with Crippen molar-refractivity contribution in [3.8, 4) is 0 Å². The van der Waals surface area contributed by atoms with E-state index in [1.165, 1.54) is 275 Å². The van der Waals surface area contributed by atoms with Crippen molar-refractivity contribution in [1.82, 2.24) is 0 Å². The summed E-state index contributed by atoms with van der Waals surface area (Å²) in [6, 6.07) is 186. The van der Waals surface area contributed by atoms with E-state index in [-0.39, 0.29) is 0 Å². The van der Waals surface area contributed by atoms with Gasteiger partial charge in [0, 0.05) is 17.1 Å². The van der Waals surface area contributed by atoms with Crippen LogP contribution in [0, 0.1) is 0 Å². The van der Waals surface area contributed by atoms with E-state index in [4.69, 9.17) is 0 Å². The van der Waals surface area contributed by atoms with Crippen LogP contribution in [0.2, 0.25) is 0 Å². The van der Waals surface area contributed by atoms with Gasteiger partial charge in [-0.3, -0.25) is 0 Å². The summed E-state index contributed by atoms with van der Waals surface area (Å²) in [5, 5.41) is 25.5. The molecule has 632 valence electrons. The van der Waals surface area contributed by atoms with E-state index in [0.29, 0.717) is 0 Å². The number of para-hydroxylation sites is 2. The van der Waals surface area contributed by atoms with Gasteiger partial charge < -0.3 is 4.90 Å². The number of hydrogen-bond donors (Lipinski definition) is 0. The van der Waals surface area contributed by atoms with Crippen molar-refractivity contribution in [1.29, 1.82) is 0 Å². The first-order valence-electron chi connectivity index (χ1n) is 47.6. The van der Waals surface area contributed by atoms with Crippen LogP contribution >= 0.6 is 0 Å². The summed E-state index contributed by atoms with van der Waals surface area (Å²) >= 11 is 0. The minimum absolute atomic E-state index is 1.13. The molecule has 30 rings (SSSR count). The summed E-state index contributed by atoms with van der Waals surface area (Å²) in [5.74, 6) is 0. The molecule has 0 heterocycles. The van der Waals surface area contributed by atoms with Crippen molar-refractivity contribution in [3.63, 3.8) is 0 Å². The molecule has 24 aromatic carbocycles. The molecule has 0 saturated carbocycles. The number of anilines is 3. The molecule has 0 N–H and O–H groups in total. The highest BCUT2D eigenvalue weighted by Gasteiger charge is 2.43. The molecule has 0 radical (unpaired) electrons. The van der Waals surface area contributed by atoms with Crippen LogP contribution in [0.3, 0.4) is 0 Å². The minimum Gasteiger partial charge on any atom is -0.311 e. The summed E-state index contributed by atoms with van der Waals surface area (Å²) in [7, 11) is 0. The van der Waals surface area contributed by atoms with Crippen LogP contribution in [0.5, 0.6) is 0 Å². The molecule has 137 heavy (non-hydrogen) atoms. The minimum atomic E-state index is 1.13. The number of rotatable bonds is 9. The van der Waals surface area contributed by atoms with Crippen LogP contribution in [0.15, 0.2) is 504 Å². The van der Waals surface area contributed by atoms with Gasteiger partial charge in [0.25, 0.3) is 0 Å². The van der Waals surface area contributed by atoms with Gasteiger partial charge in [-0.05, 0) is 390 Å². The van der Waals surface area contributed by atoms with E-state index in [2.05, 4.69) is 508 Å². The van der Waals surface area contributed by atoms with E-state index < -0.39 is 0 Å². The van der Waals surface area contributed by atoms with Gasteiger partial charge in [-0.25, -0.2) is 0 Å². The predicted octanol–water partition coefficient (Wildman–Crippen LogP) is 35.8. The van der Waals surface area contributed by atoms with E-state index >= 15 is 0 Å². The van der Waals surface area contributed by atoms with Crippen LogP contribution in [0.25, 0.3) is 175 Å². The van der Waals surface area contributed by atoms with Crippen LogP contribution in [-0.4, -0.2) is 0 Å². The number of allylic oxidation sites excluding steroid dienone is 6. The quantitative estimate of drug-likeness (QED) is 0.139. The molecule has 0 amide bonds. The summed E-state index contributed by atoms with van der Waals surface area (Å²) in [4.78, 5) is 2.33. The van der Waals surface area contributed by atoms with Crippen molar-refractivity contribution < 1.29 is 0 Å². The fourth-order valence-corrected chi connectivity index (χ4v) is 23.5. The zero-order valence-corrected chi connectivity index (χ0v) is 74.9. The molecule has 0 saturated heterocycles. The standard InChI is InChI=1S/C48H31N.2C44H26/c1-4-14-32(15-5-1)45-41-28-34-16-10-12-18-36(34)30-43(41)48-46(42-29-35-17-11-13-19-37(35)31-44(42)47(45)48)33-24-26-40(27-25-33)49(38-20-6-2-7-21-38)39-22-8-3-9-23-39;1-3-15-31-25-39-37(23-29(31)13-1)41(35-21-9-17-27-11-5-7-19-33(27)35)44-40-26-32-16-4-2-14-30(32)24-38(40)42(43(39)44)36-22-10-18-28-12-6-8-20-34(28)36;1-2-12-29-22-34(21-20-27(29)10-1)41-37-23-30-13-3-5-15-32(30)25-39(37)44-42(36-19-9-17-28-11-7-8-18-35(28)36)38-24-31-14-4-6-16-33(31)26-40(38)43(41)44/h1-31H;2*1-26H. The number of benzene rings is 24. The highest BCUT2D eigenvalue weighted by Crippen LogP contribution is 2.65. The summed E-state index contributed by atoms with van der Waals surface area (Å²) in [5.41, 5.74) is 42.9. The number of hydrogen-bond acceptors (Lipinski definition) is 1. The van der Waals surface area contributed by atoms with Gasteiger partial charge >= 0.3 is 0 Å². The van der Waals surface area contributed by atoms with E-state index in [1.807, 2.05) is 0 Å². The van der Waals surface area contributed by atoms with Gasteiger partial charge in [0.05, 0.1) is 0 Å². The fourth-order valence-electron chi connectivity index (χ4n) is 23.5. The van der Waals surface area contributed by atoms with E-state index in [1.54, 1.807) is 0 Å². The predicted molar refractivity (Wildman–Crippen MR) is 583 cm³/mol. The molecule has 6 aliphatic rings. The molecule has 0 bridgehead atoms. The molecule has 0 spiro atoms. The largest absolute Gasteiger partial charge is 0.311 e. The van der Waals surface area contributed by atoms with Crippen molar-refractivity contribution in [2.45, 2.75) is 0 Å². The van der Waals surface area contributed by atoms with Crippen molar-refractivity contribution >= 4 is 192 Å². The zero-order valence-electron chi connectivity index (χ0n) is 74.9. The lowest BCUT2D eigenvalue weighted by Gasteiger charge is -2.25. The van der Waals surface area contributed by atoms with Crippen LogP contribution < -0.4 is 4.90 Å². The summed E-state index contributed by atoms with van der Waals surface area (Å²) < 4.78 is 0. The smallest absolute Gasteiger partial charge is 0.0462 e. The third-order valence-electron chi connectivity index (χ3n) is 29.5. The lowest BCUT2D eigenvalue weighted by atomic mass is 9.87. The molecular weight excluding hydrogens is 1650 g/mol. The first-order chi connectivity index (χ1) is 68.0. The topological polar surface area (TPSA) is 3.24 Å². The van der Waals surface area contributed by atoms with E-state index in [9.17, 15) is 0 Å². The maximum atomic E-state index is 2.44. The lowest BCUT2D eigenvalue weighted by Crippen LogP contribution is -2.09. The molecule has 1 heteroatoms. The molecule has 24 aromatic rings. The Morgan fingerprint density at radius 2 is 0.285 bits per heavy atom. The van der Waals surface area contributed by atoms with Crippen molar-refractivity contribution in [2.75, 3.05) is 4.90 Å². The third kappa shape index (κ3) is 12.5. The Morgan fingerprint density at radius 1 is 0.0949 bits per heavy atom. The summed E-state index contributed by atoms with van der Waals surface area (Å²) in [6.07, 6.45) is 0. The normalized spacial score (nSPS) is 13.5. The number of fused-ring (bicyclic) bond motifs is 25. The van der Waals surface area contributed by atoms with Gasteiger partial charge in [0.2, 0.25) is 0 Å². The molecule has 1 nitrogen and oxygen atoms in total. The Morgan fingerprint density at radius 3 is 0.577 bits per heavy atom. The maximum Gasteiger partial charge on any atom is 0.0462 e. The van der Waals surface area contributed by atoms with Gasteiger partial charge in [0.15, 0.2) is 0 Å². The molecule has 0 aromatic heterocycles.